The molecule has 0 amide bonds. The third-order valence-corrected chi connectivity index (χ3v) is 5.66. The Bertz CT molecular complexity index is 925. The van der Waals surface area contributed by atoms with Crippen molar-refractivity contribution in [2.75, 3.05) is 18.1 Å². The monoisotopic (exact) mass is 389 g/mol. The molecule has 1 N–H and O–H groups in total. The first-order valence-corrected chi connectivity index (χ1v) is 9.69. The highest BCUT2D eigenvalue weighted by molar-refractivity contribution is 6.35. The lowest BCUT2D eigenvalue weighted by molar-refractivity contribution is 0.238. The van der Waals surface area contributed by atoms with Crippen LogP contribution in [0.5, 0.6) is 0 Å². The maximum absolute atomic E-state index is 9.84. The lowest BCUT2D eigenvalue weighted by Crippen LogP contribution is -2.43. The summed E-state index contributed by atoms with van der Waals surface area (Å²) in [6.07, 6.45) is 3.24. The van der Waals surface area contributed by atoms with Crippen LogP contribution < -0.4 is 4.90 Å². The molecule has 2 aromatic carbocycles. The van der Waals surface area contributed by atoms with Crippen LogP contribution in [0, 0.1) is 0 Å². The van der Waals surface area contributed by atoms with Crippen molar-refractivity contribution in [3.63, 3.8) is 0 Å². The minimum absolute atomic E-state index is 0.111. The molecule has 0 bridgehead atoms. The van der Waals surface area contributed by atoms with Gasteiger partial charge in [-0.15, -0.1) is 0 Å². The van der Waals surface area contributed by atoms with E-state index in [1.54, 1.807) is 6.07 Å². The first-order chi connectivity index (χ1) is 12.7. The normalized spacial score (nSPS) is 17.8. The summed E-state index contributed by atoms with van der Waals surface area (Å²) >= 11 is 12.5. The number of benzene rings is 2. The van der Waals surface area contributed by atoms with Crippen molar-refractivity contribution in [2.45, 2.75) is 31.8 Å². The van der Waals surface area contributed by atoms with Crippen molar-refractivity contribution in [1.29, 1.82) is 0 Å². The Morgan fingerprint density at radius 2 is 1.96 bits per heavy atom. The van der Waals surface area contributed by atoms with Crippen LogP contribution in [0.15, 0.2) is 42.5 Å². The Morgan fingerprint density at radius 1 is 1.12 bits per heavy atom. The van der Waals surface area contributed by atoms with Crippen molar-refractivity contribution in [3.05, 3.63) is 58.1 Å². The second kappa shape index (κ2) is 7.47. The molecule has 4 rings (SSSR count). The Kier molecular flexibility index (Phi) is 5.07. The van der Waals surface area contributed by atoms with E-state index in [2.05, 4.69) is 15.5 Å². The second-order valence-corrected chi connectivity index (χ2v) is 7.59. The molecule has 0 radical (unpaired) electrons. The fourth-order valence-corrected chi connectivity index (χ4v) is 4.18. The SMILES string of the molecule is OC[C@H]1CCCCN1c1nc2ccccc2n1Cc1ccc(Cl)cc1Cl. The van der Waals surface area contributed by atoms with E-state index in [1.165, 1.54) is 0 Å². The van der Waals surface area contributed by atoms with E-state index in [0.29, 0.717) is 16.6 Å². The Hall–Kier alpha value is -1.75. The van der Waals surface area contributed by atoms with Gasteiger partial charge >= 0.3 is 0 Å². The highest BCUT2D eigenvalue weighted by Gasteiger charge is 2.26. The van der Waals surface area contributed by atoms with Crippen molar-refractivity contribution in [3.8, 4) is 0 Å². The molecular weight excluding hydrogens is 369 g/mol. The van der Waals surface area contributed by atoms with Gasteiger partial charge in [-0.25, -0.2) is 4.98 Å². The summed E-state index contributed by atoms with van der Waals surface area (Å²) in [5.41, 5.74) is 3.02. The quantitative estimate of drug-likeness (QED) is 0.700. The Balaban J connectivity index is 1.81. The molecule has 1 aliphatic rings. The number of aliphatic hydroxyl groups is 1. The lowest BCUT2D eigenvalue weighted by atomic mass is 10.0. The molecule has 0 spiro atoms. The molecule has 1 aliphatic heterocycles. The number of rotatable bonds is 4. The summed E-state index contributed by atoms with van der Waals surface area (Å²) in [6, 6.07) is 13.8. The maximum atomic E-state index is 9.84. The molecule has 1 saturated heterocycles. The predicted molar refractivity (Wildman–Crippen MR) is 107 cm³/mol. The van der Waals surface area contributed by atoms with E-state index in [4.69, 9.17) is 28.2 Å². The van der Waals surface area contributed by atoms with Gasteiger partial charge in [0.1, 0.15) is 0 Å². The second-order valence-electron chi connectivity index (χ2n) is 6.75. The van der Waals surface area contributed by atoms with E-state index >= 15 is 0 Å². The molecule has 0 unspecified atom stereocenters. The summed E-state index contributed by atoms with van der Waals surface area (Å²) in [7, 11) is 0. The van der Waals surface area contributed by atoms with Crippen LogP contribution in [0.1, 0.15) is 24.8 Å². The van der Waals surface area contributed by atoms with Crippen LogP contribution in [0.2, 0.25) is 10.0 Å². The molecule has 4 nitrogen and oxygen atoms in total. The number of fused-ring (bicyclic) bond motifs is 1. The average Bonchev–Trinajstić information content (AvgIpc) is 3.02. The third-order valence-electron chi connectivity index (χ3n) is 5.07. The largest absolute Gasteiger partial charge is 0.394 e. The van der Waals surface area contributed by atoms with Crippen molar-refractivity contribution in [2.24, 2.45) is 0 Å². The molecule has 1 atom stereocenters. The smallest absolute Gasteiger partial charge is 0.207 e. The summed E-state index contributed by atoms with van der Waals surface area (Å²) in [6.45, 7) is 1.66. The number of hydrogen-bond donors (Lipinski definition) is 1. The molecular formula is C20H21Cl2N3O. The van der Waals surface area contributed by atoms with Crippen LogP contribution in [0.3, 0.4) is 0 Å². The number of hydrogen-bond acceptors (Lipinski definition) is 3. The van der Waals surface area contributed by atoms with Gasteiger partial charge in [0.15, 0.2) is 0 Å². The summed E-state index contributed by atoms with van der Waals surface area (Å²) in [5.74, 6) is 0.899. The van der Waals surface area contributed by atoms with Gasteiger partial charge < -0.3 is 14.6 Å². The van der Waals surface area contributed by atoms with Gasteiger partial charge in [0.25, 0.3) is 0 Å². The van der Waals surface area contributed by atoms with Gasteiger partial charge in [0.05, 0.1) is 30.2 Å². The van der Waals surface area contributed by atoms with Gasteiger partial charge in [-0.3, -0.25) is 0 Å². The first-order valence-electron chi connectivity index (χ1n) is 8.94. The van der Waals surface area contributed by atoms with E-state index in [9.17, 15) is 5.11 Å². The Morgan fingerprint density at radius 3 is 2.77 bits per heavy atom. The van der Waals surface area contributed by atoms with Crippen LogP contribution in [-0.2, 0) is 6.54 Å². The van der Waals surface area contributed by atoms with E-state index in [1.807, 2.05) is 30.3 Å². The molecule has 0 saturated carbocycles. The van der Waals surface area contributed by atoms with Crippen molar-refractivity contribution >= 4 is 40.2 Å². The maximum Gasteiger partial charge on any atom is 0.207 e. The van der Waals surface area contributed by atoms with Gasteiger partial charge in [-0.2, -0.15) is 0 Å². The minimum Gasteiger partial charge on any atom is -0.394 e. The summed E-state index contributed by atoms with van der Waals surface area (Å²) < 4.78 is 2.19. The molecule has 0 aliphatic carbocycles. The zero-order valence-electron chi connectivity index (χ0n) is 14.4. The molecule has 1 aromatic heterocycles. The number of halogens is 2. The molecule has 3 aromatic rings. The van der Waals surface area contributed by atoms with Crippen molar-refractivity contribution < 1.29 is 5.11 Å². The number of anilines is 1. The number of aliphatic hydroxyl groups excluding tert-OH is 1. The number of para-hydroxylation sites is 2. The number of imidazole rings is 1. The van der Waals surface area contributed by atoms with Crippen LogP contribution >= 0.6 is 23.2 Å². The number of nitrogens with zero attached hydrogens (tertiary/aromatic N) is 3. The zero-order valence-corrected chi connectivity index (χ0v) is 15.9. The fourth-order valence-electron chi connectivity index (χ4n) is 3.71. The predicted octanol–water partition coefficient (Wildman–Crippen LogP) is 4.74. The molecule has 136 valence electrons. The summed E-state index contributed by atoms with van der Waals surface area (Å²) in [4.78, 5) is 7.13. The lowest BCUT2D eigenvalue weighted by Gasteiger charge is -2.35. The molecule has 26 heavy (non-hydrogen) atoms. The summed E-state index contributed by atoms with van der Waals surface area (Å²) in [5, 5.41) is 11.1. The standard InChI is InChI=1S/C20H21Cl2N3O/c21-15-9-8-14(17(22)11-15)12-25-19-7-2-1-6-18(19)23-20(25)24-10-4-3-5-16(24)13-26/h1-2,6-9,11,16,26H,3-5,10,12-13H2/t16-/m1/s1. The molecule has 1 fully saturated rings. The van der Waals surface area contributed by atoms with Crippen LogP contribution in [-0.4, -0.2) is 33.9 Å². The van der Waals surface area contributed by atoms with Gasteiger partial charge in [-0.05, 0) is 49.1 Å². The highest BCUT2D eigenvalue weighted by atomic mass is 35.5. The van der Waals surface area contributed by atoms with E-state index in [-0.39, 0.29) is 12.6 Å². The Labute approximate surface area is 163 Å². The molecule has 2 heterocycles. The van der Waals surface area contributed by atoms with Gasteiger partial charge in [0, 0.05) is 16.6 Å². The average molecular weight is 390 g/mol. The van der Waals surface area contributed by atoms with Gasteiger partial charge in [-0.1, -0.05) is 41.4 Å². The fraction of sp³-hybridized carbons (Fsp3) is 0.350. The first kappa shape index (κ1) is 17.7. The van der Waals surface area contributed by atoms with E-state index in [0.717, 1.165) is 48.4 Å². The minimum atomic E-state index is 0.111. The highest BCUT2D eigenvalue weighted by Crippen LogP contribution is 2.30. The molecule has 6 heteroatoms. The van der Waals surface area contributed by atoms with Gasteiger partial charge in [0.2, 0.25) is 5.95 Å². The topological polar surface area (TPSA) is 41.3 Å². The van der Waals surface area contributed by atoms with Crippen LogP contribution in [0.25, 0.3) is 11.0 Å². The number of aromatic nitrogens is 2. The third kappa shape index (κ3) is 3.29. The van der Waals surface area contributed by atoms with Crippen molar-refractivity contribution in [1.82, 2.24) is 9.55 Å². The van der Waals surface area contributed by atoms with E-state index < -0.39 is 0 Å². The zero-order chi connectivity index (χ0) is 18.1. The van der Waals surface area contributed by atoms with Crippen LogP contribution in [0.4, 0.5) is 5.95 Å². The number of piperidine rings is 1.